The molecule has 0 saturated carbocycles. The van der Waals surface area contributed by atoms with Crippen molar-refractivity contribution in [1.82, 2.24) is 10.2 Å². The molecular formula is C18H19N3O3S. The number of rotatable bonds is 8. The van der Waals surface area contributed by atoms with Crippen molar-refractivity contribution in [3.05, 3.63) is 58.1 Å². The smallest absolute Gasteiger partial charge is 0.322 e. The molecule has 2 aromatic heterocycles. The Hall–Kier alpha value is -2.67. The standard InChI is InChI=1S/C18H19N3O3S/c1-2-3-9-23-14-7-4-6-13(11-14)17(22)19-18-21-20-16(24-18)12-15-8-5-10-25-15/h4-8,10-11H,2-3,9,12H2,1H3,(H,19,21,22). The van der Waals surface area contributed by atoms with Gasteiger partial charge >= 0.3 is 6.01 Å². The van der Waals surface area contributed by atoms with Crippen LogP contribution in [0, 0.1) is 0 Å². The van der Waals surface area contributed by atoms with Gasteiger partial charge in [0.15, 0.2) is 0 Å². The number of hydrogen-bond donors (Lipinski definition) is 1. The molecule has 130 valence electrons. The highest BCUT2D eigenvalue weighted by Crippen LogP contribution is 2.17. The summed E-state index contributed by atoms with van der Waals surface area (Å²) < 4.78 is 11.1. The molecule has 7 heteroatoms. The molecule has 2 heterocycles. The van der Waals surface area contributed by atoms with Gasteiger partial charge in [0.1, 0.15) is 5.75 Å². The monoisotopic (exact) mass is 357 g/mol. The van der Waals surface area contributed by atoms with Crippen LogP contribution in [0.3, 0.4) is 0 Å². The average molecular weight is 357 g/mol. The highest BCUT2D eigenvalue weighted by atomic mass is 32.1. The summed E-state index contributed by atoms with van der Waals surface area (Å²) in [5, 5.41) is 12.4. The minimum atomic E-state index is -0.313. The van der Waals surface area contributed by atoms with Crippen LogP contribution in [0.15, 0.2) is 46.2 Å². The van der Waals surface area contributed by atoms with E-state index in [9.17, 15) is 4.79 Å². The predicted molar refractivity (Wildman–Crippen MR) is 96.2 cm³/mol. The Morgan fingerprint density at radius 1 is 1.28 bits per heavy atom. The number of ether oxygens (including phenoxy) is 1. The molecule has 0 fully saturated rings. The Balaban J connectivity index is 1.60. The van der Waals surface area contributed by atoms with E-state index in [0.29, 0.717) is 30.2 Å². The van der Waals surface area contributed by atoms with E-state index in [1.54, 1.807) is 29.5 Å². The van der Waals surface area contributed by atoms with Crippen molar-refractivity contribution >= 4 is 23.3 Å². The van der Waals surface area contributed by atoms with Gasteiger partial charge in [0.05, 0.1) is 13.0 Å². The van der Waals surface area contributed by atoms with Gasteiger partial charge in [0.2, 0.25) is 5.89 Å². The Labute approximate surface area is 149 Å². The highest BCUT2D eigenvalue weighted by molar-refractivity contribution is 7.09. The van der Waals surface area contributed by atoms with Crippen LogP contribution in [0.2, 0.25) is 0 Å². The van der Waals surface area contributed by atoms with E-state index < -0.39 is 0 Å². The summed E-state index contributed by atoms with van der Waals surface area (Å²) in [6.07, 6.45) is 2.60. The Morgan fingerprint density at radius 2 is 2.20 bits per heavy atom. The number of amides is 1. The van der Waals surface area contributed by atoms with Gasteiger partial charge in [0.25, 0.3) is 5.91 Å². The number of benzene rings is 1. The van der Waals surface area contributed by atoms with E-state index in [1.165, 1.54) is 0 Å². The molecule has 0 radical (unpaired) electrons. The van der Waals surface area contributed by atoms with Crippen LogP contribution >= 0.6 is 11.3 Å². The van der Waals surface area contributed by atoms with Gasteiger partial charge in [-0.05, 0) is 36.1 Å². The summed E-state index contributed by atoms with van der Waals surface area (Å²) in [6, 6.07) is 11.1. The first kappa shape index (κ1) is 17.2. The van der Waals surface area contributed by atoms with Gasteiger partial charge in [-0.1, -0.05) is 30.6 Å². The number of nitrogens with zero attached hydrogens (tertiary/aromatic N) is 2. The third kappa shape index (κ3) is 4.90. The third-order valence-corrected chi connectivity index (χ3v) is 4.33. The number of aromatic nitrogens is 2. The normalized spacial score (nSPS) is 10.6. The molecular weight excluding hydrogens is 338 g/mol. The molecule has 0 aliphatic rings. The fourth-order valence-electron chi connectivity index (χ4n) is 2.17. The Kier molecular flexibility index (Phi) is 5.79. The van der Waals surface area contributed by atoms with Gasteiger partial charge in [-0.2, -0.15) is 0 Å². The Morgan fingerprint density at radius 3 is 3.00 bits per heavy atom. The van der Waals surface area contributed by atoms with Gasteiger partial charge in [-0.3, -0.25) is 10.1 Å². The zero-order chi connectivity index (χ0) is 17.5. The zero-order valence-corrected chi connectivity index (χ0v) is 14.7. The molecule has 1 N–H and O–H groups in total. The van der Waals surface area contributed by atoms with Crippen molar-refractivity contribution in [1.29, 1.82) is 0 Å². The molecule has 0 atom stereocenters. The molecule has 0 aliphatic carbocycles. The molecule has 0 aliphatic heterocycles. The van der Waals surface area contributed by atoms with Crippen molar-refractivity contribution in [3.8, 4) is 5.75 Å². The van der Waals surface area contributed by atoms with Crippen LogP contribution in [0.5, 0.6) is 5.75 Å². The van der Waals surface area contributed by atoms with Gasteiger partial charge in [-0.25, -0.2) is 0 Å². The number of nitrogens with one attached hydrogen (secondary N) is 1. The summed E-state index contributed by atoms with van der Waals surface area (Å²) in [5.74, 6) is 0.826. The first-order chi connectivity index (χ1) is 12.2. The summed E-state index contributed by atoms with van der Waals surface area (Å²) in [6.45, 7) is 2.74. The van der Waals surface area contributed by atoms with Crippen molar-refractivity contribution < 1.29 is 13.9 Å². The number of carbonyl (C=O) groups is 1. The Bertz CT molecular complexity index is 815. The zero-order valence-electron chi connectivity index (χ0n) is 13.9. The lowest BCUT2D eigenvalue weighted by Crippen LogP contribution is -2.12. The van der Waals surface area contributed by atoms with Gasteiger partial charge in [-0.15, -0.1) is 16.4 Å². The van der Waals surface area contributed by atoms with Crippen molar-refractivity contribution in [2.45, 2.75) is 26.2 Å². The lowest BCUT2D eigenvalue weighted by atomic mass is 10.2. The molecule has 3 aromatic rings. The largest absolute Gasteiger partial charge is 0.494 e. The topological polar surface area (TPSA) is 77.2 Å². The van der Waals surface area contributed by atoms with E-state index in [-0.39, 0.29) is 11.9 Å². The summed E-state index contributed by atoms with van der Waals surface area (Å²) >= 11 is 1.62. The molecule has 25 heavy (non-hydrogen) atoms. The van der Waals surface area contributed by atoms with E-state index in [0.717, 1.165) is 17.7 Å². The van der Waals surface area contributed by atoms with Crippen LogP contribution in [-0.2, 0) is 6.42 Å². The quantitative estimate of drug-likeness (QED) is 0.613. The average Bonchev–Trinajstić information content (AvgIpc) is 3.28. The molecule has 1 amide bonds. The number of anilines is 1. The van der Waals surface area contributed by atoms with Crippen molar-refractivity contribution in [3.63, 3.8) is 0 Å². The SMILES string of the molecule is CCCCOc1cccc(C(=O)Nc2nnc(Cc3cccs3)o2)c1. The van der Waals surface area contributed by atoms with Crippen LogP contribution in [0.4, 0.5) is 6.01 Å². The predicted octanol–water partition coefficient (Wildman–Crippen LogP) is 4.15. The second-order valence-corrected chi connectivity index (χ2v) is 6.47. The fourth-order valence-corrected chi connectivity index (χ4v) is 2.86. The summed E-state index contributed by atoms with van der Waals surface area (Å²) in [7, 11) is 0. The third-order valence-electron chi connectivity index (χ3n) is 3.46. The molecule has 6 nitrogen and oxygen atoms in total. The van der Waals surface area contributed by atoms with Gasteiger partial charge < -0.3 is 9.15 Å². The molecule has 0 saturated heterocycles. The molecule has 0 bridgehead atoms. The minimum absolute atomic E-state index is 0.0915. The molecule has 0 unspecified atom stereocenters. The summed E-state index contributed by atoms with van der Waals surface area (Å²) in [4.78, 5) is 13.5. The minimum Gasteiger partial charge on any atom is -0.494 e. The van der Waals surface area contributed by atoms with Gasteiger partial charge in [0, 0.05) is 10.4 Å². The second kappa shape index (κ2) is 8.43. The highest BCUT2D eigenvalue weighted by Gasteiger charge is 2.13. The maximum atomic E-state index is 12.3. The van der Waals surface area contributed by atoms with E-state index >= 15 is 0 Å². The maximum absolute atomic E-state index is 12.3. The van der Waals surface area contributed by atoms with Crippen LogP contribution in [0.25, 0.3) is 0 Å². The van der Waals surface area contributed by atoms with E-state index in [4.69, 9.17) is 9.15 Å². The molecule has 3 rings (SSSR count). The van der Waals surface area contributed by atoms with Crippen molar-refractivity contribution in [2.75, 3.05) is 11.9 Å². The molecule has 1 aromatic carbocycles. The first-order valence-corrected chi connectivity index (χ1v) is 9.01. The van der Waals surface area contributed by atoms with E-state index in [2.05, 4.69) is 22.4 Å². The number of hydrogen-bond acceptors (Lipinski definition) is 6. The second-order valence-electron chi connectivity index (χ2n) is 5.44. The fraction of sp³-hybridized carbons (Fsp3) is 0.278. The van der Waals surface area contributed by atoms with Crippen LogP contribution in [0.1, 0.15) is 40.9 Å². The molecule has 0 spiro atoms. The van der Waals surface area contributed by atoms with Crippen LogP contribution < -0.4 is 10.1 Å². The first-order valence-electron chi connectivity index (χ1n) is 8.13. The number of carbonyl (C=O) groups excluding carboxylic acids is 1. The lowest BCUT2D eigenvalue weighted by molar-refractivity contribution is 0.102. The van der Waals surface area contributed by atoms with Crippen molar-refractivity contribution in [2.24, 2.45) is 0 Å². The van der Waals surface area contributed by atoms with E-state index in [1.807, 2.05) is 23.6 Å². The lowest BCUT2D eigenvalue weighted by Gasteiger charge is -2.07. The maximum Gasteiger partial charge on any atom is 0.322 e. The van der Waals surface area contributed by atoms with Crippen LogP contribution in [-0.4, -0.2) is 22.7 Å². The number of thiophene rings is 1. The summed E-state index contributed by atoms with van der Waals surface area (Å²) in [5.41, 5.74) is 0.479. The number of unbranched alkanes of at least 4 members (excludes halogenated alkanes) is 1.